The van der Waals surface area contributed by atoms with E-state index in [4.69, 9.17) is 0 Å². The number of aromatic nitrogens is 2. The molecule has 0 aliphatic carbocycles. The predicted molar refractivity (Wildman–Crippen MR) is 87.9 cm³/mol. The summed E-state index contributed by atoms with van der Waals surface area (Å²) in [6, 6.07) is 9.47. The molecule has 1 aromatic heterocycles. The second-order valence-electron chi connectivity index (χ2n) is 5.65. The van der Waals surface area contributed by atoms with Crippen molar-refractivity contribution in [2.45, 2.75) is 19.3 Å². The summed E-state index contributed by atoms with van der Waals surface area (Å²) in [5.74, 6) is -0.845. The fourth-order valence-corrected chi connectivity index (χ4v) is 2.49. The van der Waals surface area contributed by atoms with Crippen LogP contribution in [0.25, 0.3) is 11.0 Å². The van der Waals surface area contributed by atoms with Crippen LogP contribution in [0.15, 0.2) is 47.3 Å². The number of hydrogen-bond donors (Lipinski definition) is 3. The van der Waals surface area contributed by atoms with Gasteiger partial charge in [0.25, 0.3) is 5.91 Å². The molecule has 0 saturated heterocycles. The van der Waals surface area contributed by atoms with Crippen molar-refractivity contribution in [3.8, 4) is 5.75 Å². The van der Waals surface area contributed by atoms with Gasteiger partial charge in [-0.1, -0.05) is 6.07 Å². The number of hydrogen-bond acceptors (Lipinski definition) is 3. The van der Waals surface area contributed by atoms with Crippen LogP contribution in [0.5, 0.6) is 5.75 Å². The Balaban J connectivity index is 1.70. The third kappa shape index (κ3) is 4.05. The number of carbonyl (C=O) groups is 1. The molecule has 0 radical (unpaired) electrons. The van der Waals surface area contributed by atoms with Gasteiger partial charge >= 0.3 is 12.1 Å². The van der Waals surface area contributed by atoms with E-state index in [0.717, 1.165) is 17.7 Å². The van der Waals surface area contributed by atoms with Crippen molar-refractivity contribution in [2.24, 2.45) is 0 Å². The van der Waals surface area contributed by atoms with E-state index in [1.54, 1.807) is 25.1 Å². The highest BCUT2D eigenvalue weighted by Gasteiger charge is 2.31. The standard InChI is InChI=1S/C17H14F3N3O3/c1-9(11-4-7-13-14(8-11)23-16(25)22-13)21-15(24)10-2-5-12(6-3-10)26-17(18,19)20/h2-9H,1H3,(H,21,24)(H2,22,23,25)/t9-/m0/s1. The second kappa shape index (κ2) is 6.58. The molecule has 9 heteroatoms. The van der Waals surface area contributed by atoms with Crippen molar-refractivity contribution in [3.63, 3.8) is 0 Å². The van der Waals surface area contributed by atoms with Crippen LogP contribution >= 0.6 is 0 Å². The molecule has 2 aromatic carbocycles. The first-order valence-electron chi connectivity index (χ1n) is 7.60. The van der Waals surface area contributed by atoms with Gasteiger partial charge in [0.15, 0.2) is 0 Å². The molecule has 3 N–H and O–H groups in total. The number of H-pyrrole nitrogens is 2. The monoisotopic (exact) mass is 365 g/mol. The lowest BCUT2D eigenvalue weighted by Gasteiger charge is -2.15. The number of alkyl halides is 3. The fraction of sp³-hybridized carbons (Fsp3) is 0.176. The van der Waals surface area contributed by atoms with Crippen LogP contribution in [0.4, 0.5) is 13.2 Å². The maximum atomic E-state index is 12.3. The van der Waals surface area contributed by atoms with E-state index in [-0.39, 0.29) is 17.3 Å². The number of fused-ring (bicyclic) bond motifs is 1. The van der Waals surface area contributed by atoms with Crippen molar-refractivity contribution in [1.82, 2.24) is 15.3 Å². The largest absolute Gasteiger partial charge is 0.573 e. The lowest BCUT2D eigenvalue weighted by Crippen LogP contribution is -2.26. The van der Waals surface area contributed by atoms with Crippen molar-refractivity contribution >= 4 is 16.9 Å². The zero-order valence-corrected chi connectivity index (χ0v) is 13.5. The Labute approximate surface area is 145 Å². The van der Waals surface area contributed by atoms with Crippen molar-refractivity contribution < 1.29 is 22.7 Å². The summed E-state index contributed by atoms with van der Waals surface area (Å²) < 4.78 is 40.2. The Bertz CT molecular complexity index is 990. The summed E-state index contributed by atoms with van der Waals surface area (Å²) >= 11 is 0. The molecule has 1 atom stereocenters. The first kappa shape index (κ1) is 17.6. The average Bonchev–Trinajstić information content (AvgIpc) is 2.93. The maximum Gasteiger partial charge on any atom is 0.573 e. The van der Waals surface area contributed by atoms with Gasteiger partial charge in [-0.25, -0.2) is 4.79 Å². The predicted octanol–water partition coefficient (Wildman–Crippen LogP) is 3.25. The van der Waals surface area contributed by atoms with Crippen LogP contribution in [0, 0.1) is 0 Å². The number of carbonyl (C=O) groups excluding carboxylic acids is 1. The first-order valence-corrected chi connectivity index (χ1v) is 7.60. The summed E-state index contributed by atoms with van der Waals surface area (Å²) in [4.78, 5) is 28.8. The van der Waals surface area contributed by atoms with E-state index in [0.29, 0.717) is 11.0 Å². The Morgan fingerprint density at radius 1 is 1.08 bits per heavy atom. The van der Waals surface area contributed by atoms with Gasteiger partial charge in [-0.05, 0) is 48.9 Å². The summed E-state index contributed by atoms with van der Waals surface area (Å²) in [5, 5.41) is 2.75. The van der Waals surface area contributed by atoms with E-state index < -0.39 is 18.0 Å². The molecule has 3 aromatic rings. The van der Waals surface area contributed by atoms with Gasteiger partial charge in [0.1, 0.15) is 5.75 Å². The zero-order chi connectivity index (χ0) is 18.9. The lowest BCUT2D eigenvalue weighted by atomic mass is 10.1. The smallest absolute Gasteiger partial charge is 0.406 e. The van der Waals surface area contributed by atoms with Crippen molar-refractivity contribution in [1.29, 1.82) is 0 Å². The Hall–Kier alpha value is -3.23. The number of aromatic amines is 2. The molecule has 0 aliphatic rings. The molecule has 0 saturated carbocycles. The Morgan fingerprint density at radius 2 is 1.73 bits per heavy atom. The molecule has 3 rings (SSSR count). The molecular weight excluding hydrogens is 351 g/mol. The molecule has 0 aliphatic heterocycles. The van der Waals surface area contributed by atoms with Crippen LogP contribution in [0.3, 0.4) is 0 Å². The number of benzene rings is 2. The number of ether oxygens (including phenoxy) is 1. The van der Waals surface area contributed by atoms with E-state index >= 15 is 0 Å². The fourth-order valence-electron chi connectivity index (χ4n) is 2.49. The van der Waals surface area contributed by atoms with E-state index in [1.165, 1.54) is 12.1 Å². The number of rotatable bonds is 4. The van der Waals surface area contributed by atoms with Crippen LogP contribution in [-0.2, 0) is 0 Å². The molecule has 0 bridgehead atoms. The third-order valence-electron chi connectivity index (χ3n) is 3.74. The van der Waals surface area contributed by atoms with Crippen molar-refractivity contribution in [3.05, 3.63) is 64.1 Å². The highest BCUT2D eigenvalue weighted by atomic mass is 19.4. The summed E-state index contributed by atoms with van der Waals surface area (Å²) in [5.41, 5.74) is 1.90. The quantitative estimate of drug-likeness (QED) is 0.663. The molecule has 0 spiro atoms. The summed E-state index contributed by atoms with van der Waals surface area (Å²) in [6.45, 7) is 1.75. The maximum absolute atomic E-state index is 12.3. The van der Waals surface area contributed by atoms with Gasteiger partial charge in [0, 0.05) is 5.56 Å². The molecule has 136 valence electrons. The molecular formula is C17H14F3N3O3. The molecule has 0 unspecified atom stereocenters. The molecule has 1 amide bonds. The minimum absolute atomic E-state index is 0.197. The minimum atomic E-state index is -4.78. The van der Waals surface area contributed by atoms with Gasteiger partial charge in [-0.15, -0.1) is 13.2 Å². The summed E-state index contributed by atoms with van der Waals surface area (Å²) in [6.07, 6.45) is -4.78. The SMILES string of the molecule is C[C@H](NC(=O)c1ccc(OC(F)(F)F)cc1)c1ccc2[nH]c(=O)[nH]c2c1. The topological polar surface area (TPSA) is 87.0 Å². The van der Waals surface area contributed by atoms with Gasteiger partial charge in [0.2, 0.25) is 0 Å². The highest BCUT2D eigenvalue weighted by Crippen LogP contribution is 2.23. The average molecular weight is 365 g/mol. The van der Waals surface area contributed by atoms with Gasteiger partial charge in [0.05, 0.1) is 17.1 Å². The van der Waals surface area contributed by atoms with Gasteiger partial charge in [-0.3, -0.25) is 4.79 Å². The molecule has 1 heterocycles. The van der Waals surface area contributed by atoms with Gasteiger partial charge in [-0.2, -0.15) is 0 Å². The van der Waals surface area contributed by atoms with Crippen LogP contribution < -0.4 is 15.7 Å². The van der Waals surface area contributed by atoms with Crippen LogP contribution in [0.1, 0.15) is 28.9 Å². The Kier molecular flexibility index (Phi) is 4.45. The number of nitrogens with one attached hydrogen (secondary N) is 3. The normalized spacial score (nSPS) is 12.8. The lowest BCUT2D eigenvalue weighted by molar-refractivity contribution is -0.274. The second-order valence-corrected chi connectivity index (χ2v) is 5.65. The number of amides is 1. The number of halogens is 3. The molecule has 26 heavy (non-hydrogen) atoms. The minimum Gasteiger partial charge on any atom is -0.406 e. The van der Waals surface area contributed by atoms with Crippen molar-refractivity contribution in [2.75, 3.05) is 0 Å². The summed E-state index contributed by atoms with van der Waals surface area (Å²) in [7, 11) is 0. The molecule has 6 nitrogen and oxygen atoms in total. The van der Waals surface area contributed by atoms with E-state index in [1.807, 2.05) is 0 Å². The molecule has 0 fully saturated rings. The third-order valence-corrected chi connectivity index (χ3v) is 3.74. The van der Waals surface area contributed by atoms with Crippen LogP contribution in [0.2, 0.25) is 0 Å². The Morgan fingerprint density at radius 3 is 2.38 bits per heavy atom. The zero-order valence-electron chi connectivity index (χ0n) is 13.5. The van der Waals surface area contributed by atoms with E-state index in [9.17, 15) is 22.8 Å². The van der Waals surface area contributed by atoms with Crippen LogP contribution in [-0.4, -0.2) is 22.2 Å². The van der Waals surface area contributed by atoms with E-state index in [2.05, 4.69) is 20.0 Å². The van der Waals surface area contributed by atoms with Gasteiger partial charge < -0.3 is 20.0 Å². The highest BCUT2D eigenvalue weighted by molar-refractivity contribution is 5.94. The number of imidazole rings is 1. The first-order chi connectivity index (χ1) is 12.2.